The van der Waals surface area contributed by atoms with Crippen LogP contribution in [0.3, 0.4) is 0 Å². The zero-order valence-electron chi connectivity index (χ0n) is 10.4. The number of anilines is 1. The molecule has 1 aromatic rings. The lowest BCUT2D eigenvalue weighted by atomic mass is 10.1. The molecule has 0 saturated heterocycles. The lowest BCUT2D eigenvalue weighted by Gasteiger charge is -2.15. The first kappa shape index (κ1) is 15.4. The zero-order chi connectivity index (χ0) is 14.4. The van der Waals surface area contributed by atoms with Crippen LogP contribution in [-0.2, 0) is 4.79 Å². The lowest BCUT2D eigenvalue weighted by molar-refractivity contribution is -0.384. The van der Waals surface area contributed by atoms with Crippen LogP contribution in [0.5, 0.6) is 0 Å². The number of benzene rings is 1. The number of nitrogens with one attached hydrogen (secondary N) is 1. The van der Waals surface area contributed by atoms with Crippen molar-refractivity contribution in [1.82, 2.24) is 0 Å². The van der Waals surface area contributed by atoms with Gasteiger partial charge in [0.05, 0.1) is 4.92 Å². The molecule has 1 atom stereocenters. The van der Waals surface area contributed by atoms with Gasteiger partial charge in [-0.15, -0.1) is 0 Å². The van der Waals surface area contributed by atoms with Crippen molar-refractivity contribution in [3.05, 3.63) is 32.8 Å². The number of hydrogen-bond acceptors (Lipinski definition) is 4. The van der Waals surface area contributed by atoms with Gasteiger partial charge in [-0.25, -0.2) is 4.79 Å². The fourth-order valence-electron chi connectivity index (χ4n) is 1.63. The van der Waals surface area contributed by atoms with Gasteiger partial charge in [-0.1, -0.05) is 35.7 Å². The van der Waals surface area contributed by atoms with Gasteiger partial charge < -0.3 is 10.4 Å². The summed E-state index contributed by atoms with van der Waals surface area (Å²) in [7, 11) is 0. The number of rotatable bonds is 7. The second kappa shape index (κ2) is 7.08. The van der Waals surface area contributed by atoms with Gasteiger partial charge in [-0.3, -0.25) is 10.1 Å². The van der Waals surface area contributed by atoms with E-state index in [1.54, 1.807) is 6.07 Å². The van der Waals surface area contributed by atoms with Crippen LogP contribution in [0.15, 0.2) is 22.7 Å². The van der Waals surface area contributed by atoms with Gasteiger partial charge in [0, 0.05) is 10.5 Å². The average Bonchev–Trinajstić information content (AvgIpc) is 2.35. The molecule has 0 radical (unpaired) electrons. The first-order valence-corrected chi connectivity index (χ1v) is 6.68. The van der Waals surface area contributed by atoms with Crippen LogP contribution in [0.1, 0.15) is 26.2 Å². The number of carboxylic acids is 1. The number of unbranched alkanes of at least 4 members (excludes halogenated alkanes) is 1. The largest absolute Gasteiger partial charge is 0.480 e. The molecule has 0 aliphatic rings. The molecule has 7 heteroatoms. The summed E-state index contributed by atoms with van der Waals surface area (Å²) in [6, 6.07) is 3.67. The smallest absolute Gasteiger partial charge is 0.326 e. The molecule has 0 saturated carbocycles. The normalized spacial score (nSPS) is 11.9. The molecule has 1 unspecified atom stereocenters. The maximum absolute atomic E-state index is 11.1. The Balaban J connectivity index is 2.95. The van der Waals surface area contributed by atoms with Gasteiger partial charge in [0.15, 0.2) is 0 Å². The van der Waals surface area contributed by atoms with Crippen molar-refractivity contribution >= 4 is 33.3 Å². The average molecular weight is 331 g/mol. The molecule has 19 heavy (non-hydrogen) atoms. The third kappa shape index (κ3) is 4.51. The Labute approximate surface area is 119 Å². The summed E-state index contributed by atoms with van der Waals surface area (Å²) in [5, 5.41) is 22.8. The number of carboxylic acid groups (broad SMARTS) is 1. The van der Waals surface area contributed by atoms with Crippen molar-refractivity contribution in [2.75, 3.05) is 5.32 Å². The number of carbonyl (C=O) groups is 1. The van der Waals surface area contributed by atoms with Crippen LogP contribution in [0.2, 0.25) is 0 Å². The minimum absolute atomic E-state index is 0.142. The van der Waals surface area contributed by atoms with E-state index in [9.17, 15) is 14.9 Å². The molecular formula is C12H15BrN2O4. The van der Waals surface area contributed by atoms with Crippen molar-refractivity contribution in [3.63, 3.8) is 0 Å². The number of hydrogen-bond donors (Lipinski definition) is 2. The molecule has 0 amide bonds. The Morgan fingerprint density at radius 1 is 1.58 bits per heavy atom. The van der Waals surface area contributed by atoms with E-state index in [2.05, 4.69) is 21.2 Å². The predicted octanol–water partition coefficient (Wildman–Crippen LogP) is 3.41. The van der Waals surface area contributed by atoms with Crippen molar-refractivity contribution in [2.24, 2.45) is 0 Å². The number of nitro benzene ring substituents is 1. The summed E-state index contributed by atoms with van der Waals surface area (Å²) in [6.07, 6.45) is 2.04. The first-order valence-electron chi connectivity index (χ1n) is 5.89. The third-order valence-corrected chi connectivity index (χ3v) is 3.12. The Morgan fingerprint density at radius 3 is 2.79 bits per heavy atom. The molecule has 0 bridgehead atoms. The van der Waals surface area contributed by atoms with E-state index in [1.165, 1.54) is 12.1 Å². The summed E-state index contributed by atoms with van der Waals surface area (Å²) < 4.78 is 0.574. The Kier molecular flexibility index (Phi) is 5.75. The standard InChI is InChI=1S/C12H15BrN2O4/c1-2-3-4-10(12(16)17)14-9-6-5-8(13)7-11(9)15(18)19/h5-7,10,14H,2-4H2,1H3,(H,16,17). The molecule has 0 aliphatic carbocycles. The van der Waals surface area contributed by atoms with Crippen LogP contribution in [0.25, 0.3) is 0 Å². The summed E-state index contributed by atoms with van der Waals surface area (Å²) >= 11 is 3.15. The number of nitrogens with zero attached hydrogens (tertiary/aromatic N) is 1. The fourth-order valence-corrected chi connectivity index (χ4v) is 1.98. The van der Waals surface area contributed by atoms with E-state index >= 15 is 0 Å². The van der Waals surface area contributed by atoms with Gasteiger partial charge >= 0.3 is 5.97 Å². The van der Waals surface area contributed by atoms with Gasteiger partial charge in [0.1, 0.15) is 11.7 Å². The van der Waals surface area contributed by atoms with Gasteiger partial charge in [-0.05, 0) is 18.6 Å². The highest BCUT2D eigenvalue weighted by molar-refractivity contribution is 9.10. The monoisotopic (exact) mass is 330 g/mol. The topological polar surface area (TPSA) is 92.5 Å². The van der Waals surface area contributed by atoms with Gasteiger partial charge in [0.2, 0.25) is 0 Å². The number of aliphatic carboxylic acids is 1. The molecular weight excluding hydrogens is 316 g/mol. The Morgan fingerprint density at radius 2 is 2.26 bits per heavy atom. The minimum Gasteiger partial charge on any atom is -0.480 e. The minimum atomic E-state index is -1.01. The highest BCUT2D eigenvalue weighted by atomic mass is 79.9. The molecule has 1 aromatic carbocycles. The second-order valence-corrected chi connectivity index (χ2v) is 5.01. The summed E-state index contributed by atoms with van der Waals surface area (Å²) in [5.41, 5.74) is 0.0776. The van der Waals surface area contributed by atoms with E-state index in [4.69, 9.17) is 5.11 Å². The zero-order valence-corrected chi connectivity index (χ0v) is 12.0. The van der Waals surface area contributed by atoms with Gasteiger partial charge in [-0.2, -0.15) is 0 Å². The predicted molar refractivity (Wildman–Crippen MR) is 75.4 cm³/mol. The molecule has 0 fully saturated rings. The Bertz CT molecular complexity index is 479. The highest BCUT2D eigenvalue weighted by Crippen LogP contribution is 2.29. The van der Waals surface area contributed by atoms with Crippen molar-refractivity contribution in [1.29, 1.82) is 0 Å². The SMILES string of the molecule is CCCCC(Nc1ccc(Br)cc1[N+](=O)[O-])C(=O)O. The van der Waals surface area contributed by atoms with E-state index < -0.39 is 16.9 Å². The molecule has 0 aliphatic heterocycles. The van der Waals surface area contributed by atoms with Crippen LogP contribution in [0.4, 0.5) is 11.4 Å². The number of nitro groups is 1. The third-order valence-electron chi connectivity index (χ3n) is 2.63. The molecule has 0 heterocycles. The van der Waals surface area contributed by atoms with Crippen LogP contribution < -0.4 is 5.32 Å². The van der Waals surface area contributed by atoms with Crippen LogP contribution >= 0.6 is 15.9 Å². The van der Waals surface area contributed by atoms with Gasteiger partial charge in [0.25, 0.3) is 5.69 Å². The molecule has 0 spiro atoms. The van der Waals surface area contributed by atoms with Crippen molar-refractivity contribution in [3.8, 4) is 0 Å². The lowest BCUT2D eigenvalue weighted by Crippen LogP contribution is -2.29. The van der Waals surface area contributed by atoms with E-state index in [0.29, 0.717) is 10.9 Å². The quantitative estimate of drug-likeness (QED) is 0.590. The van der Waals surface area contributed by atoms with Crippen LogP contribution in [-0.4, -0.2) is 22.0 Å². The summed E-state index contributed by atoms with van der Waals surface area (Å²) in [6.45, 7) is 1.96. The first-order chi connectivity index (χ1) is 8.95. The fraction of sp³-hybridized carbons (Fsp3) is 0.417. The second-order valence-electron chi connectivity index (χ2n) is 4.10. The maximum atomic E-state index is 11.1. The summed E-state index contributed by atoms with van der Waals surface area (Å²) in [5.74, 6) is -1.01. The van der Waals surface area contributed by atoms with Crippen molar-refractivity contribution < 1.29 is 14.8 Å². The van der Waals surface area contributed by atoms with E-state index in [-0.39, 0.29) is 11.4 Å². The molecule has 2 N–H and O–H groups in total. The molecule has 1 rings (SSSR count). The maximum Gasteiger partial charge on any atom is 0.326 e. The highest BCUT2D eigenvalue weighted by Gasteiger charge is 2.21. The van der Waals surface area contributed by atoms with Crippen molar-refractivity contribution in [2.45, 2.75) is 32.2 Å². The number of halogens is 1. The Hall–Kier alpha value is -1.63. The van der Waals surface area contributed by atoms with E-state index in [0.717, 1.165) is 12.8 Å². The molecule has 0 aromatic heterocycles. The summed E-state index contributed by atoms with van der Waals surface area (Å²) in [4.78, 5) is 21.5. The van der Waals surface area contributed by atoms with E-state index in [1.807, 2.05) is 6.92 Å². The molecule has 6 nitrogen and oxygen atoms in total. The van der Waals surface area contributed by atoms with Crippen LogP contribution in [0, 0.1) is 10.1 Å². The molecule has 104 valence electrons.